The van der Waals surface area contributed by atoms with Crippen LogP contribution in [0.4, 0.5) is 0 Å². The highest BCUT2D eigenvalue weighted by molar-refractivity contribution is 5.89. The normalized spacial score (nSPS) is 14.6. The van der Waals surface area contributed by atoms with E-state index in [4.69, 9.17) is 0 Å². The molecule has 1 heterocycles. The third kappa shape index (κ3) is 1.97. The summed E-state index contributed by atoms with van der Waals surface area (Å²) in [6, 6.07) is 5.27. The zero-order chi connectivity index (χ0) is 13.6. The number of aromatic nitrogens is 2. The molecular formula is C14H14N2O3. The Morgan fingerprint density at radius 1 is 1.42 bits per heavy atom. The van der Waals surface area contributed by atoms with Crippen LogP contribution >= 0.6 is 0 Å². The van der Waals surface area contributed by atoms with Gasteiger partial charge >= 0.3 is 5.97 Å². The van der Waals surface area contributed by atoms with Crippen LogP contribution in [0.5, 0.6) is 5.75 Å². The molecule has 0 unspecified atom stereocenters. The van der Waals surface area contributed by atoms with Crippen molar-refractivity contribution in [3.8, 4) is 11.4 Å². The van der Waals surface area contributed by atoms with Gasteiger partial charge in [0.2, 0.25) is 0 Å². The molecule has 5 heteroatoms. The third-order valence-electron chi connectivity index (χ3n) is 3.36. The first-order valence-electron chi connectivity index (χ1n) is 6.19. The Bertz CT molecular complexity index is 657. The first-order chi connectivity index (χ1) is 9.08. The highest BCUT2D eigenvalue weighted by atomic mass is 16.4. The van der Waals surface area contributed by atoms with Crippen molar-refractivity contribution in [2.75, 3.05) is 0 Å². The van der Waals surface area contributed by atoms with Gasteiger partial charge in [0, 0.05) is 5.92 Å². The average Bonchev–Trinajstić information content (AvgIpc) is 3.08. The van der Waals surface area contributed by atoms with E-state index in [1.165, 1.54) is 6.20 Å². The van der Waals surface area contributed by atoms with Crippen LogP contribution in [-0.4, -0.2) is 26.0 Å². The minimum absolute atomic E-state index is 0.113. The lowest BCUT2D eigenvalue weighted by molar-refractivity contribution is 0.0695. The van der Waals surface area contributed by atoms with Crippen molar-refractivity contribution in [2.24, 2.45) is 0 Å². The topological polar surface area (TPSA) is 75.4 Å². The van der Waals surface area contributed by atoms with Crippen molar-refractivity contribution in [1.82, 2.24) is 9.78 Å². The predicted octanol–water partition coefficient (Wildman–Crippen LogP) is 2.46. The average molecular weight is 258 g/mol. The van der Waals surface area contributed by atoms with E-state index in [9.17, 15) is 15.0 Å². The first kappa shape index (κ1) is 11.8. The number of carbonyl (C=O) groups is 1. The molecule has 0 saturated heterocycles. The second-order valence-corrected chi connectivity index (χ2v) is 4.93. The van der Waals surface area contributed by atoms with E-state index in [1.54, 1.807) is 16.8 Å². The van der Waals surface area contributed by atoms with Gasteiger partial charge in [-0.15, -0.1) is 0 Å². The second-order valence-electron chi connectivity index (χ2n) is 4.93. The number of aromatic carboxylic acids is 1. The van der Waals surface area contributed by atoms with E-state index in [0.717, 1.165) is 18.4 Å². The Hall–Kier alpha value is -2.30. The summed E-state index contributed by atoms with van der Waals surface area (Å²) in [5, 5.41) is 23.3. The van der Waals surface area contributed by atoms with Crippen LogP contribution in [0.15, 0.2) is 24.4 Å². The molecule has 0 amide bonds. The number of hydrogen-bond acceptors (Lipinski definition) is 3. The van der Waals surface area contributed by atoms with Crippen molar-refractivity contribution in [1.29, 1.82) is 0 Å². The Morgan fingerprint density at radius 3 is 2.74 bits per heavy atom. The molecule has 0 spiro atoms. The predicted molar refractivity (Wildman–Crippen MR) is 68.9 cm³/mol. The monoisotopic (exact) mass is 258 g/mol. The molecule has 2 aromatic rings. The maximum atomic E-state index is 11.2. The second kappa shape index (κ2) is 4.12. The quantitative estimate of drug-likeness (QED) is 0.886. The van der Waals surface area contributed by atoms with E-state index >= 15 is 0 Å². The Morgan fingerprint density at radius 2 is 2.16 bits per heavy atom. The van der Waals surface area contributed by atoms with Crippen LogP contribution in [-0.2, 0) is 0 Å². The molecule has 0 atom stereocenters. The Labute approximate surface area is 110 Å². The number of benzene rings is 1. The highest BCUT2D eigenvalue weighted by Gasteiger charge is 2.33. The van der Waals surface area contributed by atoms with Gasteiger partial charge in [-0.25, -0.2) is 9.48 Å². The molecule has 0 bridgehead atoms. The van der Waals surface area contributed by atoms with Crippen molar-refractivity contribution in [2.45, 2.75) is 25.7 Å². The van der Waals surface area contributed by atoms with Crippen LogP contribution in [0.25, 0.3) is 5.69 Å². The summed E-state index contributed by atoms with van der Waals surface area (Å²) in [4.78, 5) is 11.2. The number of aryl methyl sites for hydroxylation is 1. The molecule has 1 aliphatic carbocycles. The molecule has 1 fully saturated rings. The van der Waals surface area contributed by atoms with E-state index in [-0.39, 0.29) is 17.2 Å². The zero-order valence-corrected chi connectivity index (χ0v) is 10.5. The van der Waals surface area contributed by atoms with Gasteiger partial charge in [0.25, 0.3) is 0 Å². The highest BCUT2D eigenvalue weighted by Crippen LogP contribution is 2.43. The summed E-state index contributed by atoms with van der Waals surface area (Å²) in [6.45, 7) is 1.89. The number of carboxylic acids is 1. The summed E-state index contributed by atoms with van der Waals surface area (Å²) in [5.41, 5.74) is 2.38. The first-order valence-corrected chi connectivity index (χ1v) is 6.19. The summed E-state index contributed by atoms with van der Waals surface area (Å²) in [7, 11) is 0. The number of phenols is 1. The van der Waals surface area contributed by atoms with E-state index in [0.29, 0.717) is 11.4 Å². The number of phenolic OH excluding ortho intramolecular Hbond substituents is 1. The minimum atomic E-state index is -0.972. The van der Waals surface area contributed by atoms with Gasteiger partial charge in [0.15, 0.2) is 0 Å². The van der Waals surface area contributed by atoms with Crippen LogP contribution < -0.4 is 0 Å². The van der Waals surface area contributed by atoms with Crippen molar-refractivity contribution in [3.63, 3.8) is 0 Å². The maximum absolute atomic E-state index is 11.2. The molecule has 1 aromatic heterocycles. The van der Waals surface area contributed by atoms with Crippen LogP contribution in [0, 0.1) is 6.92 Å². The van der Waals surface area contributed by atoms with Crippen LogP contribution in [0.3, 0.4) is 0 Å². The smallest absolute Gasteiger partial charge is 0.339 e. The summed E-state index contributed by atoms with van der Waals surface area (Å²) in [6.07, 6.45) is 3.30. The summed E-state index contributed by atoms with van der Waals surface area (Å²) in [5.74, 6) is -0.629. The zero-order valence-electron chi connectivity index (χ0n) is 10.5. The van der Waals surface area contributed by atoms with Crippen molar-refractivity contribution in [3.05, 3.63) is 41.2 Å². The molecule has 0 aliphatic heterocycles. The van der Waals surface area contributed by atoms with E-state index < -0.39 is 5.97 Å². The summed E-state index contributed by atoms with van der Waals surface area (Å²) < 4.78 is 1.55. The maximum Gasteiger partial charge on any atom is 0.339 e. The number of hydrogen-bond donors (Lipinski definition) is 2. The van der Waals surface area contributed by atoms with Gasteiger partial charge < -0.3 is 10.2 Å². The van der Waals surface area contributed by atoms with E-state index in [1.807, 2.05) is 13.0 Å². The van der Waals surface area contributed by atoms with Gasteiger partial charge in [-0.2, -0.15) is 5.10 Å². The van der Waals surface area contributed by atoms with Gasteiger partial charge in [-0.3, -0.25) is 0 Å². The van der Waals surface area contributed by atoms with Gasteiger partial charge in [0.1, 0.15) is 17.0 Å². The van der Waals surface area contributed by atoms with Crippen LogP contribution in [0.2, 0.25) is 0 Å². The van der Waals surface area contributed by atoms with Gasteiger partial charge in [-0.1, -0.05) is 6.07 Å². The van der Waals surface area contributed by atoms with Gasteiger partial charge in [0.05, 0.1) is 11.9 Å². The molecule has 1 saturated carbocycles. The fourth-order valence-corrected chi connectivity index (χ4v) is 2.28. The number of rotatable bonds is 3. The summed E-state index contributed by atoms with van der Waals surface area (Å²) >= 11 is 0. The molecule has 1 aromatic carbocycles. The van der Waals surface area contributed by atoms with E-state index in [2.05, 4.69) is 5.10 Å². The van der Waals surface area contributed by atoms with Crippen molar-refractivity contribution >= 4 is 5.97 Å². The number of aromatic hydroxyl groups is 1. The standard InChI is InChI=1S/C14H14N2O3/c1-8-2-5-11(12(17)6-8)16-13(9-3-4-9)10(7-15-16)14(18)19/h2,5-7,9,17H,3-4H2,1H3,(H,18,19). The molecule has 5 nitrogen and oxygen atoms in total. The molecule has 1 aliphatic rings. The largest absolute Gasteiger partial charge is 0.506 e. The van der Waals surface area contributed by atoms with Gasteiger partial charge in [-0.05, 0) is 37.5 Å². The Kier molecular flexibility index (Phi) is 2.55. The fourth-order valence-electron chi connectivity index (χ4n) is 2.28. The van der Waals surface area contributed by atoms with Crippen LogP contribution in [0.1, 0.15) is 40.4 Å². The minimum Gasteiger partial charge on any atom is -0.506 e. The van der Waals surface area contributed by atoms with Crippen molar-refractivity contribution < 1.29 is 15.0 Å². The molecule has 19 heavy (non-hydrogen) atoms. The lowest BCUT2D eigenvalue weighted by Gasteiger charge is -2.10. The lowest BCUT2D eigenvalue weighted by Crippen LogP contribution is -2.05. The lowest BCUT2D eigenvalue weighted by atomic mass is 10.1. The molecule has 2 N–H and O–H groups in total. The fraction of sp³-hybridized carbons (Fsp3) is 0.286. The molecule has 0 radical (unpaired) electrons. The number of carboxylic acid groups (broad SMARTS) is 1. The number of nitrogens with zero attached hydrogens (tertiary/aromatic N) is 2. The third-order valence-corrected chi connectivity index (χ3v) is 3.36. The molecule has 3 rings (SSSR count). The molecular weight excluding hydrogens is 244 g/mol. The molecule has 98 valence electrons. The SMILES string of the molecule is Cc1ccc(-n2ncc(C(=O)O)c2C2CC2)c(O)c1. The Balaban J connectivity index is 2.17.